The second-order valence-corrected chi connectivity index (χ2v) is 5.44. The van der Waals surface area contributed by atoms with Crippen molar-refractivity contribution in [2.24, 2.45) is 0 Å². The van der Waals surface area contributed by atoms with E-state index in [9.17, 15) is 9.18 Å². The van der Waals surface area contributed by atoms with Gasteiger partial charge in [-0.3, -0.25) is 4.79 Å². The standard InChI is InChI=1S/C17H19FN2O2/c1-10(20(4)5)8-16(21)14-7-6-13(9-15(14)18)17-11(2)19-22-12(17)3/h6-9H,1-5H3. The fraction of sp³-hybridized carbons (Fsp3) is 0.294. The van der Waals surface area contributed by atoms with Crippen LogP contribution in [0.25, 0.3) is 11.1 Å². The molecule has 1 aromatic carbocycles. The lowest BCUT2D eigenvalue weighted by Gasteiger charge is -2.12. The van der Waals surface area contributed by atoms with Crippen LogP contribution in [-0.2, 0) is 0 Å². The molecule has 0 fully saturated rings. The number of allylic oxidation sites excluding steroid dienone is 2. The maximum atomic E-state index is 14.3. The van der Waals surface area contributed by atoms with Gasteiger partial charge in [0, 0.05) is 31.4 Å². The second kappa shape index (κ2) is 6.13. The zero-order valence-electron chi connectivity index (χ0n) is 13.4. The van der Waals surface area contributed by atoms with Crippen LogP contribution in [0.15, 0.2) is 34.5 Å². The summed E-state index contributed by atoms with van der Waals surface area (Å²) in [4.78, 5) is 13.9. The van der Waals surface area contributed by atoms with Gasteiger partial charge < -0.3 is 9.42 Å². The van der Waals surface area contributed by atoms with Crippen molar-refractivity contribution >= 4 is 5.78 Å². The van der Waals surface area contributed by atoms with E-state index in [2.05, 4.69) is 5.16 Å². The van der Waals surface area contributed by atoms with Crippen molar-refractivity contribution in [3.8, 4) is 11.1 Å². The molecule has 0 bridgehead atoms. The Morgan fingerprint density at radius 1 is 1.32 bits per heavy atom. The first-order valence-electron chi connectivity index (χ1n) is 6.94. The third kappa shape index (κ3) is 3.08. The summed E-state index contributed by atoms with van der Waals surface area (Å²) in [6.07, 6.45) is 1.42. The van der Waals surface area contributed by atoms with Crippen LogP contribution < -0.4 is 0 Å². The molecule has 0 amide bonds. The van der Waals surface area contributed by atoms with Gasteiger partial charge in [0.1, 0.15) is 11.6 Å². The number of carbonyl (C=O) groups is 1. The number of nitrogens with zero attached hydrogens (tertiary/aromatic N) is 2. The summed E-state index contributed by atoms with van der Waals surface area (Å²) in [6, 6.07) is 4.55. The van der Waals surface area contributed by atoms with Gasteiger partial charge in [0.25, 0.3) is 0 Å². The average molecular weight is 302 g/mol. The van der Waals surface area contributed by atoms with Crippen LogP contribution in [-0.4, -0.2) is 29.9 Å². The molecule has 0 aliphatic heterocycles. The van der Waals surface area contributed by atoms with Crippen molar-refractivity contribution in [2.45, 2.75) is 20.8 Å². The highest BCUT2D eigenvalue weighted by molar-refractivity contribution is 6.05. The molecule has 0 aliphatic rings. The molecule has 1 heterocycles. The molecule has 0 atom stereocenters. The molecule has 0 aliphatic carbocycles. The van der Waals surface area contributed by atoms with Gasteiger partial charge >= 0.3 is 0 Å². The normalized spacial score (nSPS) is 11.6. The maximum absolute atomic E-state index is 14.3. The zero-order chi connectivity index (χ0) is 16.4. The number of hydrogen-bond acceptors (Lipinski definition) is 4. The van der Waals surface area contributed by atoms with Gasteiger partial charge in [0.15, 0.2) is 5.78 Å². The molecule has 1 aromatic heterocycles. The Morgan fingerprint density at radius 2 is 2.00 bits per heavy atom. The van der Waals surface area contributed by atoms with E-state index in [1.807, 2.05) is 14.1 Å². The largest absolute Gasteiger partial charge is 0.381 e. The lowest BCUT2D eigenvalue weighted by atomic mass is 10.0. The van der Waals surface area contributed by atoms with E-state index in [4.69, 9.17) is 4.52 Å². The van der Waals surface area contributed by atoms with Crippen molar-refractivity contribution < 1.29 is 13.7 Å². The molecule has 0 N–H and O–H groups in total. The van der Waals surface area contributed by atoms with Gasteiger partial charge in [0.05, 0.1) is 11.3 Å². The number of halogens is 1. The van der Waals surface area contributed by atoms with Crippen molar-refractivity contribution in [1.29, 1.82) is 0 Å². The van der Waals surface area contributed by atoms with Gasteiger partial charge in [-0.25, -0.2) is 4.39 Å². The molecule has 2 aromatic rings. The maximum Gasteiger partial charge on any atom is 0.190 e. The predicted molar refractivity (Wildman–Crippen MR) is 83.1 cm³/mol. The fourth-order valence-electron chi connectivity index (χ4n) is 2.16. The predicted octanol–water partition coefficient (Wildman–Crippen LogP) is 3.75. The van der Waals surface area contributed by atoms with Gasteiger partial charge in [-0.15, -0.1) is 0 Å². The first kappa shape index (κ1) is 15.9. The summed E-state index contributed by atoms with van der Waals surface area (Å²) < 4.78 is 19.4. The van der Waals surface area contributed by atoms with Crippen LogP contribution in [0, 0.1) is 19.7 Å². The second-order valence-electron chi connectivity index (χ2n) is 5.44. The quantitative estimate of drug-likeness (QED) is 0.637. The summed E-state index contributed by atoms with van der Waals surface area (Å²) in [5.74, 6) is -0.279. The minimum Gasteiger partial charge on any atom is -0.381 e. The minimum absolute atomic E-state index is 0.0525. The van der Waals surface area contributed by atoms with Gasteiger partial charge in [-0.1, -0.05) is 11.2 Å². The molecule has 116 valence electrons. The third-order valence-corrected chi connectivity index (χ3v) is 3.60. The highest BCUT2D eigenvalue weighted by Crippen LogP contribution is 2.28. The molecule has 5 heteroatoms. The number of hydrogen-bond donors (Lipinski definition) is 0. The van der Waals surface area contributed by atoms with E-state index in [-0.39, 0.29) is 11.3 Å². The summed E-state index contributed by atoms with van der Waals surface area (Å²) in [7, 11) is 3.66. The van der Waals surface area contributed by atoms with Crippen LogP contribution in [0.2, 0.25) is 0 Å². The highest BCUT2D eigenvalue weighted by atomic mass is 19.1. The van der Waals surface area contributed by atoms with Crippen molar-refractivity contribution in [3.63, 3.8) is 0 Å². The minimum atomic E-state index is -0.551. The summed E-state index contributed by atoms with van der Waals surface area (Å²) in [5.41, 5.74) is 2.92. The molecular weight excluding hydrogens is 283 g/mol. The molecule has 0 unspecified atom stereocenters. The summed E-state index contributed by atoms with van der Waals surface area (Å²) >= 11 is 0. The Hall–Kier alpha value is -2.43. The Kier molecular flexibility index (Phi) is 4.45. The smallest absolute Gasteiger partial charge is 0.190 e. The topological polar surface area (TPSA) is 46.3 Å². The molecule has 0 saturated carbocycles. The number of aromatic nitrogens is 1. The summed E-state index contributed by atoms with van der Waals surface area (Å²) in [5, 5.41) is 3.86. The van der Waals surface area contributed by atoms with E-state index in [0.717, 1.165) is 11.3 Å². The zero-order valence-corrected chi connectivity index (χ0v) is 13.4. The van der Waals surface area contributed by atoms with Gasteiger partial charge in [-0.2, -0.15) is 0 Å². The van der Waals surface area contributed by atoms with Crippen LogP contribution in [0.5, 0.6) is 0 Å². The Labute approximate surface area is 129 Å². The Morgan fingerprint density at radius 3 is 2.50 bits per heavy atom. The Bertz CT molecular complexity index is 726. The van der Waals surface area contributed by atoms with Crippen LogP contribution >= 0.6 is 0 Å². The number of benzene rings is 1. The molecule has 22 heavy (non-hydrogen) atoms. The molecule has 0 spiro atoms. The Balaban J connectivity index is 2.39. The van der Waals surface area contributed by atoms with E-state index < -0.39 is 5.82 Å². The number of carbonyl (C=O) groups excluding carboxylic acids is 1. The fourth-order valence-corrected chi connectivity index (χ4v) is 2.16. The number of ketones is 1. The first-order valence-corrected chi connectivity index (χ1v) is 6.94. The van der Waals surface area contributed by atoms with Crippen molar-refractivity contribution in [1.82, 2.24) is 10.1 Å². The third-order valence-electron chi connectivity index (χ3n) is 3.60. The number of aryl methyl sites for hydroxylation is 2. The van der Waals surface area contributed by atoms with Crippen molar-refractivity contribution in [3.05, 3.63) is 52.8 Å². The van der Waals surface area contributed by atoms with Crippen molar-refractivity contribution in [2.75, 3.05) is 14.1 Å². The van der Waals surface area contributed by atoms with Crippen LogP contribution in [0.4, 0.5) is 4.39 Å². The monoisotopic (exact) mass is 302 g/mol. The number of rotatable bonds is 4. The van der Waals surface area contributed by atoms with Crippen LogP contribution in [0.1, 0.15) is 28.7 Å². The molecule has 0 radical (unpaired) electrons. The van der Waals surface area contributed by atoms with Gasteiger partial charge in [0.2, 0.25) is 0 Å². The molecule has 4 nitrogen and oxygen atoms in total. The lowest BCUT2D eigenvalue weighted by molar-refractivity contribution is 0.104. The summed E-state index contributed by atoms with van der Waals surface area (Å²) in [6.45, 7) is 5.37. The van der Waals surface area contributed by atoms with E-state index in [0.29, 0.717) is 17.0 Å². The van der Waals surface area contributed by atoms with E-state index >= 15 is 0 Å². The first-order chi connectivity index (χ1) is 10.3. The highest BCUT2D eigenvalue weighted by Gasteiger charge is 2.16. The molecular formula is C17H19FN2O2. The molecule has 0 saturated heterocycles. The lowest BCUT2D eigenvalue weighted by Crippen LogP contribution is -2.10. The average Bonchev–Trinajstić information content (AvgIpc) is 2.77. The van der Waals surface area contributed by atoms with E-state index in [1.165, 1.54) is 18.2 Å². The van der Waals surface area contributed by atoms with E-state index in [1.54, 1.807) is 31.7 Å². The molecule has 2 rings (SSSR count). The van der Waals surface area contributed by atoms with Crippen LogP contribution in [0.3, 0.4) is 0 Å². The SMILES string of the molecule is CC(=CC(=O)c1ccc(-c2c(C)noc2C)cc1F)N(C)C. The van der Waals surface area contributed by atoms with Gasteiger partial charge in [-0.05, 0) is 38.5 Å².